The van der Waals surface area contributed by atoms with Crippen molar-refractivity contribution in [2.24, 2.45) is 0 Å². The van der Waals surface area contributed by atoms with Crippen LogP contribution in [0.15, 0.2) is 18.2 Å². The van der Waals surface area contributed by atoms with Crippen molar-refractivity contribution in [2.45, 2.75) is 50.8 Å². The van der Waals surface area contributed by atoms with Gasteiger partial charge in [0.2, 0.25) is 0 Å². The van der Waals surface area contributed by atoms with Crippen molar-refractivity contribution >= 4 is 11.8 Å². The van der Waals surface area contributed by atoms with E-state index in [1.807, 2.05) is 0 Å². The zero-order chi connectivity index (χ0) is 14.4. The Bertz CT molecular complexity index is 421. The van der Waals surface area contributed by atoms with Crippen LogP contribution in [0.3, 0.4) is 0 Å². The summed E-state index contributed by atoms with van der Waals surface area (Å²) in [6.45, 7) is 5.48. The molecule has 2 rings (SSSR count). The third-order valence-corrected chi connectivity index (χ3v) is 5.47. The third-order valence-electron chi connectivity index (χ3n) is 4.01. The van der Waals surface area contributed by atoms with Gasteiger partial charge >= 0.3 is 0 Å². The van der Waals surface area contributed by atoms with Crippen LogP contribution in [-0.4, -0.2) is 24.7 Å². The van der Waals surface area contributed by atoms with Crippen molar-refractivity contribution in [3.05, 3.63) is 29.3 Å². The normalized spacial score (nSPS) is 21.6. The lowest BCUT2D eigenvalue weighted by molar-refractivity contribution is 0.410. The molecule has 0 amide bonds. The first kappa shape index (κ1) is 15.7. The van der Waals surface area contributed by atoms with Crippen molar-refractivity contribution in [3.63, 3.8) is 0 Å². The highest BCUT2D eigenvalue weighted by Crippen LogP contribution is 2.38. The Kier molecular flexibility index (Phi) is 6.24. The van der Waals surface area contributed by atoms with Crippen LogP contribution in [-0.2, 0) is 6.42 Å². The first-order valence-corrected chi connectivity index (χ1v) is 8.86. The predicted octanol–water partition coefficient (Wildman–Crippen LogP) is 4.19. The number of ether oxygens (including phenoxy) is 1. The van der Waals surface area contributed by atoms with Crippen molar-refractivity contribution in [1.29, 1.82) is 0 Å². The standard InChI is InChI=1S/C17H27NOS/c1-4-6-11-20-16-10-8-13-7-9-14(19-3)12-15(13)17(16)18-5-2/h7,9,12,16-18H,4-6,8,10-11H2,1-3H3. The zero-order valence-corrected chi connectivity index (χ0v) is 13.8. The minimum absolute atomic E-state index is 0.473. The van der Waals surface area contributed by atoms with Crippen LogP contribution < -0.4 is 10.1 Å². The molecule has 0 fully saturated rings. The fourth-order valence-electron chi connectivity index (χ4n) is 2.90. The molecule has 3 heteroatoms. The third kappa shape index (κ3) is 3.70. The van der Waals surface area contributed by atoms with E-state index in [1.54, 1.807) is 7.11 Å². The molecule has 20 heavy (non-hydrogen) atoms. The van der Waals surface area contributed by atoms with Crippen molar-refractivity contribution in [3.8, 4) is 5.75 Å². The largest absolute Gasteiger partial charge is 0.497 e. The van der Waals surface area contributed by atoms with Gasteiger partial charge in [-0.2, -0.15) is 11.8 Å². The van der Waals surface area contributed by atoms with Gasteiger partial charge in [-0.05, 0) is 54.8 Å². The molecule has 0 saturated heterocycles. The highest BCUT2D eigenvalue weighted by molar-refractivity contribution is 7.99. The number of thioether (sulfide) groups is 1. The topological polar surface area (TPSA) is 21.3 Å². The molecule has 1 aliphatic rings. The van der Waals surface area contributed by atoms with E-state index in [4.69, 9.17) is 4.74 Å². The Morgan fingerprint density at radius 3 is 2.90 bits per heavy atom. The van der Waals surface area contributed by atoms with Crippen LogP contribution >= 0.6 is 11.8 Å². The van der Waals surface area contributed by atoms with E-state index < -0.39 is 0 Å². The highest BCUT2D eigenvalue weighted by atomic mass is 32.2. The number of fused-ring (bicyclic) bond motifs is 1. The molecule has 0 bridgehead atoms. The van der Waals surface area contributed by atoms with Gasteiger partial charge in [0.25, 0.3) is 0 Å². The smallest absolute Gasteiger partial charge is 0.119 e. The number of rotatable bonds is 7. The van der Waals surface area contributed by atoms with Crippen LogP contribution in [0.1, 0.15) is 50.3 Å². The molecular formula is C17H27NOS. The van der Waals surface area contributed by atoms with E-state index in [-0.39, 0.29) is 0 Å². The molecule has 0 spiro atoms. The molecule has 0 radical (unpaired) electrons. The van der Waals surface area contributed by atoms with Gasteiger partial charge in [-0.3, -0.25) is 0 Å². The Hall–Kier alpha value is -0.670. The molecular weight excluding hydrogens is 266 g/mol. The summed E-state index contributed by atoms with van der Waals surface area (Å²) < 4.78 is 5.41. The maximum absolute atomic E-state index is 5.41. The van der Waals surface area contributed by atoms with Gasteiger partial charge in [0.1, 0.15) is 5.75 Å². The Morgan fingerprint density at radius 1 is 1.35 bits per heavy atom. The summed E-state index contributed by atoms with van der Waals surface area (Å²) in [4.78, 5) is 0. The lowest BCUT2D eigenvalue weighted by Gasteiger charge is -2.34. The monoisotopic (exact) mass is 293 g/mol. The van der Waals surface area contributed by atoms with Crippen LogP contribution in [0.25, 0.3) is 0 Å². The fraction of sp³-hybridized carbons (Fsp3) is 0.647. The minimum Gasteiger partial charge on any atom is -0.497 e. The average molecular weight is 293 g/mol. The fourth-order valence-corrected chi connectivity index (χ4v) is 4.38. The molecule has 1 N–H and O–H groups in total. The second-order valence-electron chi connectivity index (χ2n) is 5.40. The van der Waals surface area contributed by atoms with E-state index in [2.05, 4.69) is 49.1 Å². The SMILES string of the molecule is CCCCSC1CCc2ccc(OC)cc2C1NCC. The number of methoxy groups -OCH3 is 1. The summed E-state index contributed by atoms with van der Waals surface area (Å²) in [5.41, 5.74) is 2.94. The molecule has 2 atom stereocenters. The summed E-state index contributed by atoms with van der Waals surface area (Å²) in [5, 5.41) is 4.39. The molecule has 2 nitrogen and oxygen atoms in total. The second kappa shape index (κ2) is 7.94. The second-order valence-corrected chi connectivity index (χ2v) is 6.75. The van der Waals surface area contributed by atoms with E-state index in [0.717, 1.165) is 12.3 Å². The number of benzene rings is 1. The highest BCUT2D eigenvalue weighted by Gasteiger charge is 2.29. The summed E-state index contributed by atoms with van der Waals surface area (Å²) in [6.07, 6.45) is 5.09. The molecule has 1 aliphatic carbocycles. The van der Waals surface area contributed by atoms with Crippen LogP contribution in [0.4, 0.5) is 0 Å². The van der Waals surface area contributed by atoms with Gasteiger partial charge < -0.3 is 10.1 Å². The van der Waals surface area contributed by atoms with Crippen LogP contribution in [0.5, 0.6) is 5.75 Å². The van der Waals surface area contributed by atoms with Gasteiger partial charge in [0, 0.05) is 11.3 Å². The number of hydrogen-bond donors (Lipinski definition) is 1. The predicted molar refractivity (Wildman–Crippen MR) is 88.9 cm³/mol. The van der Waals surface area contributed by atoms with Gasteiger partial charge in [-0.25, -0.2) is 0 Å². The quantitative estimate of drug-likeness (QED) is 0.762. The molecule has 1 aromatic rings. The van der Waals surface area contributed by atoms with Crippen molar-refractivity contribution < 1.29 is 4.74 Å². The van der Waals surface area contributed by atoms with Crippen LogP contribution in [0, 0.1) is 0 Å². The molecule has 0 aliphatic heterocycles. The van der Waals surface area contributed by atoms with Gasteiger partial charge in [0.15, 0.2) is 0 Å². The number of nitrogens with one attached hydrogen (secondary N) is 1. The first-order chi connectivity index (χ1) is 9.80. The Morgan fingerprint density at radius 2 is 2.20 bits per heavy atom. The maximum Gasteiger partial charge on any atom is 0.119 e. The molecule has 0 aromatic heterocycles. The van der Waals surface area contributed by atoms with E-state index in [1.165, 1.54) is 42.6 Å². The van der Waals surface area contributed by atoms with E-state index in [9.17, 15) is 0 Å². The number of hydrogen-bond acceptors (Lipinski definition) is 3. The molecule has 0 heterocycles. The summed E-state index contributed by atoms with van der Waals surface area (Å²) in [7, 11) is 1.75. The molecule has 112 valence electrons. The van der Waals surface area contributed by atoms with Crippen molar-refractivity contribution in [1.82, 2.24) is 5.32 Å². The molecule has 0 saturated carbocycles. The van der Waals surface area contributed by atoms with E-state index >= 15 is 0 Å². The minimum atomic E-state index is 0.473. The summed E-state index contributed by atoms with van der Waals surface area (Å²) in [5.74, 6) is 2.26. The van der Waals surface area contributed by atoms with Crippen LogP contribution in [0.2, 0.25) is 0 Å². The Balaban J connectivity index is 2.17. The summed E-state index contributed by atoms with van der Waals surface area (Å²) >= 11 is 2.14. The first-order valence-electron chi connectivity index (χ1n) is 7.82. The summed E-state index contributed by atoms with van der Waals surface area (Å²) in [6, 6.07) is 7.04. The number of aryl methyl sites for hydroxylation is 1. The molecule has 1 aromatic carbocycles. The maximum atomic E-state index is 5.41. The van der Waals surface area contributed by atoms with Gasteiger partial charge in [-0.1, -0.05) is 26.3 Å². The van der Waals surface area contributed by atoms with E-state index in [0.29, 0.717) is 11.3 Å². The van der Waals surface area contributed by atoms with Gasteiger partial charge in [-0.15, -0.1) is 0 Å². The Labute approximate surface area is 127 Å². The number of unbranched alkanes of at least 4 members (excludes halogenated alkanes) is 1. The zero-order valence-electron chi connectivity index (χ0n) is 12.9. The van der Waals surface area contributed by atoms with Crippen molar-refractivity contribution in [2.75, 3.05) is 19.4 Å². The lowest BCUT2D eigenvalue weighted by Crippen LogP contribution is -2.34. The average Bonchev–Trinajstić information content (AvgIpc) is 2.49. The lowest BCUT2D eigenvalue weighted by atomic mass is 9.87. The van der Waals surface area contributed by atoms with Gasteiger partial charge in [0.05, 0.1) is 7.11 Å². The molecule has 2 unspecified atom stereocenters.